The van der Waals surface area contributed by atoms with Gasteiger partial charge in [-0.1, -0.05) is 6.42 Å². The Morgan fingerprint density at radius 1 is 1.22 bits per heavy atom. The second-order valence-corrected chi connectivity index (χ2v) is 7.81. The van der Waals surface area contributed by atoms with Crippen LogP contribution in [0.15, 0.2) is 0 Å². The van der Waals surface area contributed by atoms with Gasteiger partial charge in [-0.05, 0) is 46.0 Å². The third-order valence-electron chi connectivity index (χ3n) is 4.52. The normalized spacial score (nSPS) is 26.3. The molecule has 0 aromatic rings. The molecule has 23 heavy (non-hydrogen) atoms. The molecule has 0 bridgehead atoms. The molecule has 0 aromatic carbocycles. The summed E-state index contributed by atoms with van der Waals surface area (Å²) in [7, 11) is 1.42. The summed E-state index contributed by atoms with van der Waals surface area (Å²) >= 11 is 0. The van der Waals surface area contributed by atoms with E-state index < -0.39 is 11.7 Å². The lowest BCUT2D eigenvalue weighted by Gasteiger charge is -2.40. The third-order valence-corrected chi connectivity index (χ3v) is 4.52. The number of nitrogens with one attached hydrogen (secondary N) is 1. The fourth-order valence-electron chi connectivity index (χ4n) is 3.30. The predicted octanol–water partition coefficient (Wildman–Crippen LogP) is 2.17. The number of alkyl carbamates (subject to hydrolysis) is 1. The molecular weight excluding hydrogens is 296 g/mol. The van der Waals surface area contributed by atoms with Crippen molar-refractivity contribution in [3.63, 3.8) is 0 Å². The number of ether oxygens (including phenoxy) is 2. The van der Waals surface area contributed by atoms with E-state index in [0.717, 1.165) is 25.6 Å². The van der Waals surface area contributed by atoms with Crippen LogP contribution in [0.2, 0.25) is 0 Å². The van der Waals surface area contributed by atoms with Crippen molar-refractivity contribution in [2.75, 3.05) is 26.7 Å². The quantitative estimate of drug-likeness (QED) is 0.802. The maximum atomic E-state index is 12.0. The Labute approximate surface area is 138 Å². The van der Waals surface area contributed by atoms with Gasteiger partial charge in [0.05, 0.1) is 13.0 Å². The maximum absolute atomic E-state index is 12.0. The predicted molar refractivity (Wildman–Crippen MR) is 87.1 cm³/mol. The average Bonchev–Trinajstić information content (AvgIpc) is 2.39. The average molecular weight is 326 g/mol. The van der Waals surface area contributed by atoms with E-state index in [-0.39, 0.29) is 17.9 Å². The zero-order chi connectivity index (χ0) is 17.0. The number of carbonyl (C=O) groups excluding carboxylic acids is 2. The summed E-state index contributed by atoms with van der Waals surface area (Å²) in [5, 5.41) is 2.91. The van der Waals surface area contributed by atoms with Crippen LogP contribution in [0.4, 0.5) is 4.79 Å². The number of piperidine rings is 1. The second kappa shape index (κ2) is 7.51. The molecule has 0 radical (unpaired) electrons. The van der Waals surface area contributed by atoms with Crippen molar-refractivity contribution in [2.24, 2.45) is 11.8 Å². The Hall–Kier alpha value is -1.30. The van der Waals surface area contributed by atoms with E-state index in [2.05, 4.69) is 10.2 Å². The van der Waals surface area contributed by atoms with Crippen molar-refractivity contribution in [1.29, 1.82) is 0 Å². The van der Waals surface area contributed by atoms with E-state index in [0.29, 0.717) is 6.42 Å². The number of amides is 1. The topological polar surface area (TPSA) is 67.9 Å². The van der Waals surface area contributed by atoms with Gasteiger partial charge >= 0.3 is 12.1 Å². The lowest BCUT2D eigenvalue weighted by Crippen LogP contribution is -2.54. The summed E-state index contributed by atoms with van der Waals surface area (Å²) in [6.45, 7) is 8.01. The lowest BCUT2D eigenvalue weighted by molar-refractivity contribution is -0.148. The van der Waals surface area contributed by atoms with E-state index in [4.69, 9.17) is 9.47 Å². The minimum absolute atomic E-state index is 0.0808. The molecule has 132 valence electrons. The van der Waals surface area contributed by atoms with E-state index >= 15 is 0 Å². The molecule has 0 aromatic heterocycles. The molecule has 1 heterocycles. The van der Waals surface area contributed by atoms with Crippen LogP contribution in [-0.2, 0) is 14.3 Å². The number of carbonyl (C=O) groups is 2. The first kappa shape index (κ1) is 18.0. The van der Waals surface area contributed by atoms with Crippen LogP contribution in [0.5, 0.6) is 0 Å². The molecule has 1 aliphatic heterocycles. The van der Waals surface area contributed by atoms with Gasteiger partial charge in [0.25, 0.3) is 0 Å². The van der Waals surface area contributed by atoms with Gasteiger partial charge in [0, 0.05) is 25.7 Å². The highest BCUT2D eigenvalue weighted by molar-refractivity contribution is 5.73. The minimum Gasteiger partial charge on any atom is -0.469 e. The number of hydrogen-bond acceptors (Lipinski definition) is 5. The Balaban J connectivity index is 1.93. The highest BCUT2D eigenvalue weighted by Gasteiger charge is 2.35. The van der Waals surface area contributed by atoms with Crippen molar-refractivity contribution in [1.82, 2.24) is 10.2 Å². The summed E-state index contributed by atoms with van der Waals surface area (Å²) in [5.41, 5.74) is -0.522. The van der Waals surface area contributed by atoms with Gasteiger partial charge in [-0.2, -0.15) is 0 Å². The molecule has 2 rings (SSSR count). The zero-order valence-electron chi connectivity index (χ0n) is 14.8. The SMILES string of the molecule is COC(=O)C1CC(NC(=O)OC(C)(C)C)CN(CC2CCC2)C1. The molecule has 2 atom stereocenters. The number of hydrogen-bond donors (Lipinski definition) is 1. The van der Waals surface area contributed by atoms with Crippen LogP contribution in [0.3, 0.4) is 0 Å². The van der Waals surface area contributed by atoms with Gasteiger partial charge < -0.3 is 19.7 Å². The van der Waals surface area contributed by atoms with Crippen LogP contribution in [-0.4, -0.2) is 55.3 Å². The molecule has 6 heteroatoms. The van der Waals surface area contributed by atoms with E-state index in [9.17, 15) is 9.59 Å². The molecule has 0 spiro atoms. The van der Waals surface area contributed by atoms with Crippen LogP contribution in [0, 0.1) is 11.8 Å². The monoisotopic (exact) mass is 326 g/mol. The third kappa shape index (κ3) is 5.68. The molecule has 2 unspecified atom stereocenters. The molecule has 1 saturated heterocycles. The van der Waals surface area contributed by atoms with Crippen molar-refractivity contribution in [3.8, 4) is 0 Å². The van der Waals surface area contributed by atoms with Gasteiger partial charge in [-0.25, -0.2) is 4.79 Å². The van der Waals surface area contributed by atoms with E-state index in [1.165, 1.54) is 26.4 Å². The molecule has 6 nitrogen and oxygen atoms in total. The largest absolute Gasteiger partial charge is 0.469 e. The van der Waals surface area contributed by atoms with Gasteiger partial charge in [-0.15, -0.1) is 0 Å². The summed E-state index contributed by atoms with van der Waals surface area (Å²) in [5.74, 6) is 0.349. The number of esters is 1. The van der Waals surface area contributed by atoms with Crippen molar-refractivity contribution in [2.45, 2.75) is 58.1 Å². The Morgan fingerprint density at radius 3 is 2.43 bits per heavy atom. The first-order chi connectivity index (χ1) is 10.8. The molecule has 1 amide bonds. The molecule has 2 fully saturated rings. The second-order valence-electron chi connectivity index (χ2n) is 7.81. The summed E-state index contributed by atoms with van der Waals surface area (Å²) < 4.78 is 10.2. The zero-order valence-corrected chi connectivity index (χ0v) is 14.8. The molecule has 1 aliphatic carbocycles. The van der Waals surface area contributed by atoms with Gasteiger partial charge in [0.15, 0.2) is 0 Å². The lowest BCUT2D eigenvalue weighted by atomic mass is 9.84. The highest BCUT2D eigenvalue weighted by atomic mass is 16.6. The fourth-order valence-corrected chi connectivity index (χ4v) is 3.30. The van der Waals surface area contributed by atoms with Gasteiger partial charge in [0.2, 0.25) is 0 Å². The molecule has 1 saturated carbocycles. The van der Waals surface area contributed by atoms with Crippen LogP contribution < -0.4 is 5.32 Å². The summed E-state index contributed by atoms with van der Waals surface area (Å²) in [6, 6.07) is -0.0808. The van der Waals surface area contributed by atoms with Gasteiger partial charge in [-0.3, -0.25) is 4.79 Å². The van der Waals surface area contributed by atoms with E-state index in [1.807, 2.05) is 20.8 Å². The highest BCUT2D eigenvalue weighted by Crippen LogP contribution is 2.29. The van der Waals surface area contributed by atoms with Crippen molar-refractivity contribution < 1.29 is 19.1 Å². The van der Waals surface area contributed by atoms with Crippen molar-refractivity contribution in [3.05, 3.63) is 0 Å². The van der Waals surface area contributed by atoms with Crippen LogP contribution in [0.1, 0.15) is 46.5 Å². The first-order valence-electron chi connectivity index (χ1n) is 8.56. The Kier molecular flexibility index (Phi) is 5.89. The van der Waals surface area contributed by atoms with Gasteiger partial charge in [0.1, 0.15) is 5.60 Å². The van der Waals surface area contributed by atoms with Crippen LogP contribution >= 0.6 is 0 Å². The molecular formula is C17H30N2O4. The van der Waals surface area contributed by atoms with E-state index in [1.54, 1.807) is 0 Å². The van der Waals surface area contributed by atoms with Crippen molar-refractivity contribution >= 4 is 12.1 Å². The number of rotatable bonds is 4. The van der Waals surface area contributed by atoms with Crippen LogP contribution in [0.25, 0.3) is 0 Å². The first-order valence-corrected chi connectivity index (χ1v) is 8.56. The smallest absolute Gasteiger partial charge is 0.407 e. The summed E-state index contributed by atoms with van der Waals surface area (Å²) in [4.78, 5) is 26.2. The fraction of sp³-hybridized carbons (Fsp3) is 0.882. The molecule has 2 aliphatic rings. The summed E-state index contributed by atoms with van der Waals surface area (Å²) in [6.07, 6.45) is 4.02. The maximum Gasteiger partial charge on any atom is 0.407 e. The standard InChI is InChI=1S/C17H30N2O4/c1-17(2,3)23-16(21)18-14-8-13(15(20)22-4)10-19(11-14)9-12-6-5-7-12/h12-14H,5-11H2,1-4H3,(H,18,21). The number of nitrogens with zero attached hydrogens (tertiary/aromatic N) is 1. The molecule has 1 N–H and O–H groups in total. The number of methoxy groups -OCH3 is 1. The minimum atomic E-state index is -0.522. The number of likely N-dealkylation sites (tertiary alicyclic amines) is 1. The Morgan fingerprint density at radius 2 is 1.91 bits per heavy atom. The Bertz CT molecular complexity index is 429.